The van der Waals surface area contributed by atoms with Crippen LogP contribution in [0.3, 0.4) is 0 Å². The van der Waals surface area contributed by atoms with Crippen LogP contribution < -0.4 is 0 Å². The summed E-state index contributed by atoms with van der Waals surface area (Å²) in [6, 6.07) is 0. The molecule has 0 bridgehead atoms. The van der Waals surface area contributed by atoms with E-state index in [0.29, 0.717) is 0 Å². The molecule has 0 rings (SSSR count). The lowest BCUT2D eigenvalue weighted by Crippen LogP contribution is -2.35. The minimum atomic E-state index is -4.29. The first-order valence-electron chi connectivity index (χ1n) is 3.89. The molecule has 0 aromatic heterocycles. The summed E-state index contributed by atoms with van der Waals surface area (Å²) in [6.07, 6.45) is -5.87. The van der Waals surface area contributed by atoms with Gasteiger partial charge in [0.15, 0.2) is 0 Å². The summed E-state index contributed by atoms with van der Waals surface area (Å²) in [7, 11) is 0. The molecule has 8 heteroatoms. The topological polar surface area (TPSA) is 37.3 Å². The zero-order chi connectivity index (χ0) is 12.3. The highest BCUT2D eigenvalue weighted by Gasteiger charge is 2.41. The number of hydrogen-bond acceptors (Lipinski definition) is 1. The number of halogens is 6. The summed E-state index contributed by atoms with van der Waals surface area (Å²) in [5.74, 6) is -1.57. The third kappa shape index (κ3) is 5.68. The highest BCUT2D eigenvalue weighted by Crippen LogP contribution is 2.34. The Morgan fingerprint density at radius 1 is 1.33 bits per heavy atom. The maximum atomic E-state index is 11.7. The molecule has 0 amide bonds. The standard InChI is InChI=1S/C7H8Cl3F3O2/c8-4(7(9,10)5(14)15)2-1-3-6(11,12)13/h4H,1-3H2,(H,14,15). The maximum absolute atomic E-state index is 11.7. The molecule has 1 atom stereocenters. The molecule has 1 unspecified atom stereocenters. The lowest BCUT2D eigenvalue weighted by Gasteiger charge is -2.20. The highest BCUT2D eigenvalue weighted by molar-refractivity contribution is 6.60. The molecule has 0 spiro atoms. The molecule has 0 aromatic carbocycles. The highest BCUT2D eigenvalue weighted by atomic mass is 35.5. The average molecular weight is 287 g/mol. The van der Waals surface area contributed by atoms with Gasteiger partial charge in [0, 0.05) is 6.42 Å². The van der Waals surface area contributed by atoms with Gasteiger partial charge in [-0.3, -0.25) is 0 Å². The Morgan fingerprint density at radius 2 is 1.80 bits per heavy atom. The predicted molar refractivity (Wildman–Crippen MR) is 51.6 cm³/mol. The SMILES string of the molecule is O=C(O)C(Cl)(Cl)C(Cl)CCCC(F)(F)F. The summed E-state index contributed by atoms with van der Waals surface area (Å²) in [5.41, 5.74) is 0. The van der Waals surface area contributed by atoms with Crippen molar-refractivity contribution < 1.29 is 23.1 Å². The van der Waals surface area contributed by atoms with Gasteiger partial charge in [0.1, 0.15) is 0 Å². The van der Waals surface area contributed by atoms with Gasteiger partial charge in [-0.25, -0.2) is 4.79 Å². The van der Waals surface area contributed by atoms with Crippen molar-refractivity contribution in [3.05, 3.63) is 0 Å². The van der Waals surface area contributed by atoms with Crippen molar-refractivity contribution in [3.8, 4) is 0 Å². The van der Waals surface area contributed by atoms with Crippen LogP contribution >= 0.6 is 34.8 Å². The molecule has 0 fully saturated rings. The van der Waals surface area contributed by atoms with Gasteiger partial charge >= 0.3 is 12.1 Å². The van der Waals surface area contributed by atoms with E-state index >= 15 is 0 Å². The molecule has 2 nitrogen and oxygen atoms in total. The Balaban J connectivity index is 4.05. The van der Waals surface area contributed by atoms with Gasteiger partial charge in [-0.15, -0.1) is 11.6 Å². The van der Waals surface area contributed by atoms with Gasteiger partial charge in [-0.1, -0.05) is 23.2 Å². The van der Waals surface area contributed by atoms with E-state index in [1.54, 1.807) is 0 Å². The van der Waals surface area contributed by atoms with Crippen LogP contribution in [0.25, 0.3) is 0 Å². The van der Waals surface area contributed by atoms with Crippen LogP contribution in [0.5, 0.6) is 0 Å². The molecule has 0 aliphatic heterocycles. The van der Waals surface area contributed by atoms with E-state index in [1.165, 1.54) is 0 Å². The Bertz CT molecular complexity index is 230. The molecule has 0 radical (unpaired) electrons. The van der Waals surface area contributed by atoms with Gasteiger partial charge in [-0.2, -0.15) is 13.2 Å². The Labute approximate surface area is 99.3 Å². The van der Waals surface area contributed by atoms with Gasteiger partial charge in [0.05, 0.1) is 5.38 Å². The monoisotopic (exact) mass is 286 g/mol. The number of carbonyl (C=O) groups is 1. The summed E-state index contributed by atoms with van der Waals surface area (Å²) >= 11 is 16.1. The zero-order valence-corrected chi connectivity index (χ0v) is 9.59. The van der Waals surface area contributed by atoms with Crippen molar-refractivity contribution in [2.24, 2.45) is 0 Å². The lowest BCUT2D eigenvalue weighted by molar-refractivity contribution is -0.138. The second-order valence-electron chi connectivity index (χ2n) is 2.90. The summed E-state index contributed by atoms with van der Waals surface area (Å²) in [4.78, 5) is 10.5. The molecule has 0 aliphatic rings. The minimum Gasteiger partial charge on any atom is -0.479 e. The molecule has 0 saturated heterocycles. The fraction of sp³-hybridized carbons (Fsp3) is 0.857. The van der Waals surface area contributed by atoms with E-state index in [9.17, 15) is 18.0 Å². The molecule has 0 aliphatic carbocycles. The molecular weight excluding hydrogens is 279 g/mol. The number of rotatable bonds is 5. The molecule has 0 heterocycles. The Kier molecular flexibility index (Phi) is 5.50. The summed E-state index contributed by atoms with van der Waals surface area (Å²) in [5, 5.41) is 7.24. The van der Waals surface area contributed by atoms with Crippen molar-refractivity contribution in [3.63, 3.8) is 0 Å². The number of aliphatic carboxylic acids is 1. The van der Waals surface area contributed by atoms with Crippen LogP contribution in [0.4, 0.5) is 13.2 Å². The smallest absolute Gasteiger partial charge is 0.389 e. The lowest BCUT2D eigenvalue weighted by atomic mass is 10.1. The third-order valence-corrected chi connectivity index (χ3v) is 3.22. The Hall–Kier alpha value is 0.130. The minimum absolute atomic E-state index is 0.222. The number of carboxylic acid groups (broad SMARTS) is 1. The summed E-state index contributed by atoms with van der Waals surface area (Å²) in [6.45, 7) is 0. The van der Waals surface area contributed by atoms with E-state index in [0.717, 1.165) is 0 Å². The predicted octanol–water partition coefficient (Wildman–Crippen LogP) is 3.58. The first-order valence-corrected chi connectivity index (χ1v) is 5.08. The van der Waals surface area contributed by atoms with Gasteiger partial charge in [-0.05, 0) is 12.8 Å². The second-order valence-corrected chi connectivity index (χ2v) is 4.82. The normalized spacial score (nSPS) is 15.1. The van der Waals surface area contributed by atoms with Gasteiger partial charge in [0.2, 0.25) is 4.33 Å². The second kappa shape index (κ2) is 5.46. The average Bonchev–Trinajstić information content (AvgIpc) is 2.01. The van der Waals surface area contributed by atoms with Gasteiger partial charge in [0.25, 0.3) is 0 Å². The Morgan fingerprint density at radius 3 is 2.13 bits per heavy atom. The van der Waals surface area contributed by atoms with Crippen LogP contribution in [0.1, 0.15) is 19.3 Å². The van der Waals surface area contributed by atoms with E-state index in [4.69, 9.17) is 39.9 Å². The molecule has 1 N–H and O–H groups in total. The van der Waals surface area contributed by atoms with E-state index in [1.807, 2.05) is 0 Å². The molecule has 0 saturated carbocycles. The van der Waals surface area contributed by atoms with Crippen molar-refractivity contribution in [1.29, 1.82) is 0 Å². The largest absolute Gasteiger partial charge is 0.479 e. The zero-order valence-electron chi connectivity index (χ0n) is 7.32. The van der Waals surface area contributed by atoms with E-state index < -0.39 is 28.3 Å². The van der Waals surface area contributed by atoms with Crippen molar-refractivity contribution in [2.75, 3.05) is 0 Å². The quantitative estimate of drug-likeness (QED) is 0.785. The first kappa shape index (κ1) is 15.1. The van der Waals surface area contributed by atoms with Crippen LogP contribution in [0.2, 0.25) is 0 Å². The fourth-order valence-electron chi connectivity index (χ4n) is 0.797. The van der Waals surface area contributed by atoms with Crippen LogP contribution in [-0.2, 0) is 4.79 Å². The molecule has 90 valence electrons. The van der Waals surface area contributed by atoms with Crippen molar-refractivity contribution in [2.45, 2.75) is 35.1 Å². The molecule has 15 heavy (non-hydrogen) atoms. The third-order valence-electron chi connectivity index (χ3n) is 1.60. The number of hydrogen-bond donors (Lipinski definition) is 1. The molecule has 0 aromatic rings. The van der Waals surface area contributed by atoms with Crippen LogP contribution in [0.15, 0.2) is 0 Å². The van der Waals surface area contributed by atoms with E-state index in [2.05, 4.69) is 0 Å². The maximum Gasteiger partial charge on any atom is 0.389 e. The first-order chi connectivity index (χ1) is 6.57. The van der Waals surface area contributed by atoms with Crippen LogP contribution in [-0.4, -0.2) is 27.0 Å². The van der Waals surface area contributed by atoms with Crippen molar-refractivity contribution in [1.82, 2.24) is 0 Å². The molecular formula is C7H8Cl3F3O2. The van der Waals surface area contributed by atoms with Crippen molar-refractivity contribution >= 4 is 40.8 Å². The number of alkyl halides is 6. The fourth-order valence-corrected chi connectivity index (χ4v) is 1.26. The number of carboxylic acids is 1. The summed E-state index contributed by atoms with van der Waals surface area (Å²) < 4.78 is 33.0. The van der Waals surface area contributed by atoms with Crippen LogP contribution in [0, 0.1) is 0 Å². The van der Waals surface area contributed by atoms with E-state index in [-0.39, 0.29) is 12.8 Å². The van der Waals surface area contributed by atoms with Gasteiger partial charge < -0.3 is 5.11 Å².